The Hall–Kier alpha value is -17.8. The van der Waals surface area contributed by atoms with E-state index in [0.29, 0.717) is 55.1 Å². The van der Waals surface area contributed by atoms with Crippen LogP contribution in [0.5, 0.6) is 0 Å². The van der Waals surface area contributed by atoms with Crippen molar-refractivity contribution in [2.45, 2.75) is 47.7 Å². The smallest absolute Gasteiger partial charge is 0.288 e. The Morgan fingerprint density at radius 2 is 0.881 bits per heavy atom. The maximum absolute atomic E-state index is 14.9. The molecule has 612 valence electrons. The number of alkyl halides is 3. The van der Waals surface area contributed by atoms with Crippen LogP contribution in [0.15, 0.2) is 208 Å². The third-order valence-corrected chi connectivity index (χ3v) is 18.5. The summed E-state index contributed by atoms with van der Waals surface area (Å²) in [6.45, 7) is 50.9. The van der Waals surface area contributed by atoms with Gasteiger partial charge in [0.15, 0.2) is 46.5 Å². The van der Waals surface area contributed by atoms with Crippen molar-refractivity contribution in [2.24, 2.45) is 9.98 Å². The first-order valence-electron chi connectivity index (χ1n) is 35.3. The molecule has 0 spiro atoms. The Balaban J connectivity index is 0.000000219. The van der Waals surface area contributed by atoms with E-state index in [1.54, 1.807) is 88.6 Å². The minimum absolute atomic E-state index is 0.0475. The quantitative estimate of drug-likeness (QED) is 0.0383. The van der Waals surface area contributed by atoms with Crippen molar-refractivity contribution in [1.82, 2.24) is 0 Å². The lowest BCUT2D eigenvalue weighted by Gasteiger charge is -2.15. The third kappa shape index (κ3) is 21.4. The van der Waals surface area contributed by atoms with Crippen LogP contribution in [-0.2, 0) is 6.18 Å². The van der Waals surface area contributed by atoms with E-state index in [2.05, 4.69) is 39.1 Å². The van der Waals surface area contributed by atoms with Crippen LogP contribution in [0.25, 0.3) is 90.6 Å². The molecule has 0 aliphatic heterocycles. The van der Waals surface area contributed by atoms with Gasteiger partial charge >= 0.3 is 6.18 Å². The lowest BCUT2D eigenvalue weighted by molar-refractivity contribution is -0.137. The molecule has 11 rings (SSSR count). The van der Waals surface area contributed by atoms with Gasteiger partial charge in [0.25, 0.3) is 34.2 Å². The highest BCUT2D eigenvalue weighted by molar-refractivity contribution is 7.81. The molecule has 3 aliphatic rings. The fraction of sp³-hybridized carbons (Fsp3) is 0.0842. The van der Waals surface area contributed by atoms with Crippen LogP contribution in [0.4, 0.5) is 67.2 Å². The molecule has 0 saturated heterocycles. The molecule has 31 heteroatoms. The summed E-state index contributed by atoms with van der Waals surface area (Å²) in [5.41, 5.74) is -0.249. The molecule has 0 atom stereocenters. The van der Waals surface area contributed by atoms with Crippen LogP contribution >= 0.6 is 12.2 Å². The van der Waals surface area contributed by atoms with E-state index in [9.17, 15) is 72.0 Å². The van der Waals surface area contributed by atoms with Gasteiger partial charge in [-0.1, -0.05) is 127 Å². The molecule has 0 radical (unpaired) electrons. The van der Waals surface area contributed by atoms with Crippen LogP contribution in [-0.4, -0.2) is 23.3 Å². The summed E-state index contributed by atoms with van der Waals surface area (Å²) in [5.74, 6) is -16.7. The van der Waals surface area contributed by atoms with Crippen LogP contribution in [0, 0.1) is 229 Å². The molecule has 16 nitrogen and oxygen atoms in total. The predicted octanol–water partition coefficient (Wildman–Crippen LogP) is 21.2. The summed E-state index contributed by atoms with van der Waals surface area (Å²) in [6.07, 6.45) is 10.9. The van der Waals surface area contributed by atoms with Crippen LogP contribution in [0.2, 0.25) is 0 Å². The molecular formula is C95H48F14N16S. The van der Waals surface area contributed by atoms with E-state index in [-0.39, 0.29) is 60.7 Å². The monoisotopic (exact) mass is 1710 g/mol. The minimum Gasteiger partial charge on any atom is -0.288 e. The Morgan fingerprint density at radius 1 is 0.413 bits per heavy atom. The van der Waals surface area contributed by atoms with E-state index in [1.165, 1.54) is 61.0 Å². The zero-order chi connectivity index (χ0) is 93.5. The molecule has 0 N–H and O–H groups in total. The van der Waals surface area contributed by atoms with Crippen molar-refractivity contribution in [1.29, 1.82) is 42.1 Å². The number of allylic oxidation sites excluding steroid dienone is 18. The summed E-state index contributed by atoms with van der Waals surface area (Å²) in [5, 5.41) is 72.9. The van der Waals surface area contributed by atoms with Gasteiger partial charge in [0.1, 0.15) is 23.5 Å². The summed E-state index contributed by atoms with van der Waals surface area (Å²) in [6, 6.07) is 37.5. The van der Waals surface area contributed by atoms with Gasteiger partial charge in [-0.05, 0) is 173 Å². The number of thiocarbonyl (C=S) groups is 1. The van der Waals surface area contributed by atoms with E-state index < -0.39 is 120 Å². The van der Waals surface area contributed by atoms with Crippen molar-refractivity contribution in [2.75, 3.05) is 7.05 Å². The molecule has 0 amide bonds. The van der Waals surface area contributed by atoms with Gasteiger partial charge in [-0.15, -0.1) is 0 Å². The molecule has 0 unspecified atom stereocenters. The largest absolute Gasteiger partial charge is 0.416 e. The highest BCUT2D eigenvalue weighted by atomic mass is 32.1. The van der Waals surface area contributed by atoms with Gasteiger partial charge in [-0.25, -0.2) is 104 Å². The third-order valence-electron chi connectivity index (χ3n) is 18.2. The Bertz CT molecular complexity index is 7190. The molecule has 0 bridgehead atoms. The summed E-state index contributed by atoms with van der Waals surface area (Å²) in [4.78, 5) is 25.8. The SMILES string of the molecule is [C-]#[N+]/C(C#N)=C1\C=CC(=NC#N)C(c2cc(C)cc(F)c2)=C1.[C-]#[N+]/C(C#N)=C1\C=CC(=NC)C(c2ccc(C)cc2)=C1.[C-]#[N+]/C(C#N)=C1\C=CC(=S)C(c2c(F)c(F)c(C)c(F)c2F)=C1.[C-]#[N+]/C(C#N)=c1\cc/c(=C(/C#N)c2c(F)c(F)c([N+]#[C-])c(F)c2F)c(-c2cc(F)c(C)cc2F)c1.[C-]#[N+]/C(C#N)=c1\cc/c(=C(\C)C#N)c(-c2cc(C)cc(C(F)(F)F)c2)c1. The highest BCUT2D eigenvalue weighted by Crippen LogP contribution is 2.38. The summed E-state index contributed by atoms with van der Waals surface area (Å²) in [7, 11) is 1.73. The number of benzene rings is 8. The van der Waals surface area contributed by atoms with Gasteiger partial charge in [-0.2, -0.15) is 33.9 Å². The number of halogens is 14. The average molecular weight is 1710 g/mol. The van der Waals surface area contributed by atoms with E-state index >= 15 is 0 Å². The predicted molar refractivity (Wildman–Crippen MR) is 445 cm³/mol. The summed E-state index contributed by atoms with van der Waals surface area (Å²) >= 11 is 4.94. The van der Waals surface area contributed by atoms with Crippen molar-refractivity contribution >= 4 is 73.5 Å². The number of aryl methyl sites for hydroxylation is 4. The number of hydrogen-bond donors (Lipinski definition) is 0. The lowest BCUT2D eigenvalue weighted by Crippen LogP contribution is -2.18. The number of nitriles is 8. The van der Waals surface area contributed by atoms with Gasteiger partial charge in [0.2, 0.25) is 6.19 Å². The molecule has 8 aromatic rings. The van der Waals surface area contributed by atoms with Crippen LogP contribution < -0.4 is 20.9 Å². The topological polar surface area (TPSA) is 241 Å². The summed E-state index contributed by atoms with van der Waals surface area (Å²) < 4.78 is 196. The van der Waals surface area contributed by atoms with Crippen molar-refractivity contribution in [3.8, 4) is 70.9 Å². The second-order valence-electron chi connectivity index (χ2n) is 26.1. The number of nitrogens with zero attached hydrogens (tertiary/aromatic N) is 16. The van der Waals surface area contributed by atoms with Crippen LogP contribution in [0.1, 0.15) is 62.6 Å². The number of aliphatic imine (C=N–C) groups is 2. The van der Waals surface area contributed by atoms with Gasteiger partial charge in [0, 0.05) is 50.6 Å². The molecule has 0 aromatic heterocycles. The molecule has 0 fully saturated rings. The first-order valence-corrected chi connectivity index (χ1v) is 35.7. The van der Waals surface area contributed by atoms with Gasteiger partial charge in [0.05, 0.1) is 110 Å². The maximum atomic E-state index is 14.9. The molecule has 126 heavy (non-hydrogen) atoms. The van der Waals surface area contributed by atoms with Crippen molar-refractivity contribution in [3.63, 3.8) is 0 Å². The van der Waals surface area contributed by atoms with E-state index in [0.717, 1.165) is 77.9 Å². The molecule has 8 aromatic carbocycles. The fourth-order valence-electron chi connectivity index (χ4n) is 12.0. The van der Waals surface area contributed by atoms with E-state index in [4.69, 9.17) is 83.2 Å². The zero-order valence-corrected chi connectivity index (χ0v) is 66.8. The van der Waals surface area contributed by atoms with Gasteiger partial charge in [-0.3, -0.25) is 4.99 Å². The Kier molecular flexibility index (Phi) is 32.0. The molecule has 0 saturated carbocycles. The fourth-order valence-corrected chi connectivity index (χ4v) is 12.2. The molecule has 0 heterocycles. The first kappa shape index (κ1) is 95.4. The Labute approximate surface area is 715 Å². The van der Waals surface area contributed by atoms with E-state index in [1.807, 2.05) is 61.5 Å². The van der Waals surface area contributed by atoms with Gasteiger partial charge < -0.3 is 0 Å². The minimum atomic E-state index is -4.51. The zero-order valence-electron chi connectivity index (χ0n) is 65.9. The normalized spacial score (nSPS) is 14.8. The number of hydrogen-bond acceptors (Lipinski definition) is 11. The van der Waals surface area contributed by atoms with Crippen LogP contribution in [0.3, 0.4) is 0 Å². The highest BCUT2D eigenvalue weighted by Gasteiger charge is 2.33. The van der Waals surface area contributed by atoms with Crippen molar-refractivity contribution < 1.29 is 61.5 Å². The molecule has 3 aliphatic carbocycles. The second-order valence-corrected chi connectivity index (χ2v) is 26.6. The lowest BCUT2D eigenvalue weighted by atomic mass is 9.92. The second kappa shape index (κ2) is 42.2. The maximum Gasteiger partial charge on any atom is 0.416 e. The average Bonchev–Trinajstić information content (AvgIpc) is 0.755. The number of rotatable bonds is 6. The Morgan fingerprint density at radius 3 is 1.34 bits per heavy atom. The standard InChI is InChI=1S/C25H8F6N4.C20H12F3N3.C17H9FN4.C17H13N3.C16H6F4N2S/c1-11-6-18(27)15(8-17(11)26)14-7-12(19(10-33)34-2)4-5-13(14)16(9-32)20-21(28)23(30)25(35-3)24(31)22(20)29;1-12-6-15(8-16(7-12)20(21,22)23)18-9-14(19(11-25)26-3)4-5-17(18)13(2)10-24;1-11-5-13(7-14(18)6-11)15-8-12(17(9-19)21-2)3-4-16(15)22-10-20;1-12-4-6-13(7-5-12)15-10-14(17(11-18)20-3)8-9-16(15)19-2;1-7-13(17)15(19)12(16(20)14(7)18)9-5-8(3-4-11(9)23)10(6-21)22-2/h4-8H,1H3;4-9H,1-2H3;3-8H,1H3;4-10H,1-2H3;3-5H,1H3/b16-13+,19-12+;17-13-,19-14+;17-12+,22-16?;17-14+,19-16?;10-8+. The molecular weight excluding hydrogens is 1660 g/mol. The first-order chi connectivity index (χ1) is 59.9. The van der Waals surface area contributed by atoms with Crippen molar-refractivity contribution in [3.05, 3.63) is 407 Å².